The summed E-state index contributed by atoms with van der Waals surface area (Å²) in [5, 5.41) is 2.74. The minimum Gasteiger partial charge on any atom is -0.496 e. The molecule has 0 heterocycles. The Balaban J connectivity index is 3.12. The summed E-state index contributed by atoms with van der Waals surface area (Å²) in [6, 6.07) is 4.81. The lowest BCUT2D eigenvalue weighted by atomic mass is 10.1. The van der Waals surface area contributed by atoms with Crippen LogP contribution in [0.2, 0.25) is 0 Å². The van der Waals surface area contributed by atoms with Crippen LogP contribution in [0.1, 0.15) is 15.9 Å². The Hall–Kier alpha value is -1.91. The molecule has 0 amide bonds. The molecule has 0 aliphatic rings. The van der Waals surface area contributed by atoms with Crippen molar-refractivity contribution in [2.75, 3.05) is 14.2 Å². The Morgan fingerprint density at radius 2 is 2.13 bits per heavy atom. The van der Waals surface area contributed by atoms with Gasteiger partial charge in [-0.2, -0.15) is 4.91 Å². The Morgan fingerprint density at radius 1 is 1.40 bits per heavy atom. The molecule has 0 N–H and O–H groups in total. The molecule has 0 bridgehead atoms. The number of ether oxygens (including phenoxy) is 2. The molecule has 5 nitrogen and oxygen atoms in total. The van der Waals surface area contributed by atoms with Crippen LogP contribution in [-0.2, 0) is 11.3 Å². The van der Waals surface area contributed by atoms with E-state index in [0.717, 1.165) is 0 Å². The van der Waals surface area contributed by atoms with Crippen molar-refractivity contribution in [1.82, 2.24) is 0 Å². The monoisotopic (exact) mass is 209 g/mol. The fourth-order valence-electron chi connectivity index (χ4n) is 1.20. The minimum atomic E-state index is -0.500. The molecule has 1 rings (SSSR count). The van der Waals surface area contributed by atoms with Gasteiger partial charge < -0.3 is 9.47 Å². The molecule has 0 aliphatic heterocycles. The SMILES string of the molecule is COC(=O)c1cc(CN=O)ccc1OC. The summed E-state index contributed by atoms with van der Waals surface area (Å²) < 4.78 is 9.58. The summed E-state index contributed by atoms with van der Waals surface area (Å²) in [7, 11) is 2.74. The van der Waals surface area contributed by atoms with Crippen LogP contribution < -0.4 is 4.74 Å². The lowest BCUT2D eigenvalue weighted by molar-refractivity contribution is 0.0597. The predicted molar refractivity (Wildman–Crippen MR) is 53.8 cm³/mol. The second-order valence-corrected chi connectivity index (χ2v) is 2.81. The normalized spacial score (nSPS) is 9.47. The highest BCUT2D eigenvalue weighted by Crippen LogP contribution is 2.21. The average Bonchev–Trinajstić information content (AvgIpc) is 2.28. The van der Waals surface area contributed by atoms with Crippen molar-refractivity contribution in [3.63, 3.8) is 0 Å². The van der Waals surface area contributed by atoms with Crippen molar-refractivity contribution in [1.29, 1.82) is 0 Å². The van der Waals surface area contributed by atoms with Crippen molar-refractivity contribution in [3.8, 4) is 5.75 Å². The first-order valence-electron chi connectivity index (χ1n) is 4.27. The number of hydrogen-bond acceptors (Lipinski definition) is 5. The molecule has 0 unspecified atom stereocenters. The van der Waals surface area contributed by atoms with Crippen LogP contribution in [-0.4, -0.2) is 20.2 Å². The maximum absolute atomic E-state index is 11.3. The van der Waals surface area contributed by atoms with E-state index >= 15 is 0 Å². The molecule has 0 saturated carbocycles. The van der Waals surface area contributed by atoms with Crippen LogP contribution in [0.4, 0.5) is 0 Å². The van der Waals surface area contributed by atoms with Gasteiger partial charge in [0.2, 0.25) is 0 Å². The highest BCUT2D eigenvalue weighted by atomic mass is 16.5. The van der Waals surface area contributed by atoms with Crippen molar-refractivity contribution >= 4 is 5.97 Å². The summed E-state index contributed by atoms with van der Waals surface area (Å²) in [5.41, 5.74) is 0.937. The molecule has 15 heavy (non-hydrogen) atoms. The molecule has 0 saturated heterocycles. The number of hydrogen-bond donors (Lipinski definition) is 0. The van der Waals surface area contributed by atoms with Gasteiger partial charge in [0.25, 0.3) is 0 Å². The molecule has 0 spiro atoms. The van der Waals surface area contributed by atoms with Crippen LogP contribution in [0.5, 0.6) is 5.75 Å². The van der Waals surface area contributed by atoms with Gasteiger partial charge >= 0.3 is 5.97 Å². The van der Waals surface area contributed by atoms with E-state index in [-0.39, 0.29) is 6.54 Å². The largest absolute Gasteiger partial charge is 0.496 e. The summed E-state index contributed by atoms with van der Waals surface area (Å²) in [6.07, 6.45) is 0. The maximum atomic E-state index is 11.3. The lowest BCUT2D eigenvalue weighted by Crippen LogP contribution is -2.04. The number of methoxy groups -OCH3 is 2. The van der Waals surface area contributed by atoms with E-state index in [2.05, 4.69) is 9.91 Å². The molecule has 1 aromatic rings. The van der Waals surface area contributed by atoms with Gasteiger partial charge in [-0.3, -0.25) is 0 Å². The van der Waals surface area contributed by atoms with Crippen LogP contribution in [0, 0.1) is 4.91 Å². The van der Waals surface area contributed by atoms with E-state index in [4.69, 9.17) is 4.74 Å². The maximum Gasteiger partial charge on any atom is 0.341 e. The third-order valence-corrected chi connectivity index (χ3v) is 1.92. The molecule has 80 valence electrons. The van der Waals surface area contributed by atoms with Gasteiger partial charge in [-0.05, 0) is 17.7 Å². The summed E-state index contributed by atoms with van der Waals surface area (Å²) in [4.78, 5) is 21.4. The van der Waals surface area contributed by atoms with Gasteiger partial charge in [0, 0.05) is 0 Å². The van der Waals surface area contributed by atoms with Gasteiger partial charge in [0.15, 0.2) is 0 Å². The van der Waals surface area contributed by atoms with Gasteiger partial charge in [0.05, 0.1) is 14.2 Å². The minimum absolute atomic E-state index is 0.0218. The number of carbonyl (C=O) groups is 1. The molecule has 0 aromatic heterocycles. The quantitative estimate of drug-likeness (QED) is 0.559. The third kappa shape index (κ3) is 2.52. The number of rotatable bonds is 4. The first-order valence-corrected chi connectivity index (χ1v) is 4.27. The van der Waals surface area contributed by atoms with Gasteiger partial charge in [-0.25, -0.2) is 4.79 Å². The van der Waals surface area contributed by atoms with Crippen LogP contribution in [0.15, 0.2) is 23.4 Å². The summed E-state index contributed by atoms with van der Waals surface area (Å²) in [5.74, 6) is -0.0869. The Morgan fingerprint density at radius 3 is 2.67 bits per heavy atom. The Kier molecular flexibility index (Phi) is 3.79. The third-order valence-electron chi connectivity index (χ3n) is 1.92. The number of esters is 1. The van der Waals surface area contributed by atoms with E-state index in [0.29, 0.717) is 16.9 Å². The van der Waals surface area contributed by atoms with Crippen molar-refractivity contribution in [2.24, 2.45) is 5.18 Å². The molecule has 0 atom stereocenters. The smallest absolute Gasteiger partial charge is 0.341 e. The Labute approximate surface area is 87.0 Å². The number of nitrogens with zero attached hydrogens (tertiary/aromatic N) is 1. The number of benzene rings is 1. The number of nitroso groups, excluding NO2 is 1. The van der Waals surface area contributed by atoms with Gasteiger partial charge in [-0.1, -0.05) is 11.2 Å². The number of carbonyl (C=O) groups excluding carboxylic acids is 1. The zero-order chi connectivity index (χ0) is 11.3. The second-order valence-electron chi connectivity index (χ2n) is 2.81. The van der Waals surface area contributed by atoms with Gasteiger partial charge in [0.1, 0.15) is 17.9 Å². The lowest BCUT2D eigenvalue weighted by Gasteiger charge is -2.07. The summed E-state index contributed by atoms with van der Waals surface area (Å²) >= 11 is 0. The topological polar surface area (TPSA) is 65.0 Å². The molecule has 1 aromatic carbocycles. The molecule has 5 heteroatoms. The van der Waals surface area contributed by atoms with Crippen LogP contribution in [0.25, 0.3) is 0 Å². The fraction of sp³-hybridized carbons (Fsp3) is 0.300. The van der Waals surface area contributed by atoms with Crippen LogP contribution in [0.3, 0.4) is 0 Å². The van der Waals surface area contributed by atoms with Crippen molar-refractivity contribution in [3.05, 3.63) is 34.2 Å². The van der Waals surface area contributed by atoms with E-state index in [1.54, 1.807) is 12.1 Å². The molecular weight excluding hydrogens is 198 g/mol. The van der Waals surface area contributed by atoms with Crippen LogP contribution >= 0.6 is 0 Å². The predicted octanol–water partition coefficient (Wildman–Crippen LogP) is 1.75. The van der Waals surface area contributed by atoms with E-state index in [9.17, 15) is 9.70 Å². The zero-order valence-corrected chi connectivity index (χ0v) is 8.52. The molecule has 0 radical (unpaired) electrons. The summed E-state index contributed by atoms with van der Waals surface area (Å²) in [6.45, 7) is 0.0218. The zero-order valence-electron chi connectivity index (χ0n) is 8.52. The first-order chi connectivity index (χ1) is 7.22. The van der Waals surface area contributed by atoms with E-state index in [1.165, 1.54) is 20.3 Å². The van der Waals surface area contributed by atoms with Gasteiger partial charge in [-0.15, -0.1) is 0 Å². The second kappa shape index (κ2) is 5.09. The molecular formula is C10H11NO4. The van der Waals surface area contributed by atoms with Crippen molar-refractivity contribution in [2.45, 2.75) is 6.54 Å². The molecule has 0 aliphatic carbocycles. The average molecular weight is 209 g/mol. The van der Waals surface area contributed by atoms with E-state index < -0.39 is 5.97 Å². The first kappa shape index (κ1) is 11.2. The van der Waals surface area contributed by atoms with E-state index in [1.807, 2.05) is 0 Å². The fourth-order valence-corrected chi connectivity index (χ4v) is 1.20. The van der Waals surface area contributed by atoms with Crippen molar-refractivity contribution < 1.29 is 14.3 Å². The highest BCUT2D eigenvalue weighted by molar-refractivity contribution is 5.92. The Bertz CT molecular complexity index is 376. The highest BCUT2D eigenvalue weighted by Gasteiger charge is 2.13. The molecule has 0 fully saturated rings. The standard InChI is InChI=1S/C10H11NO4/c1-14-9-4-3-7(6-11-13)5-8(9)10(12)15-2/h3-5H,6H2,1-2H3.